The van der Waals surface area contributed by atoms with E-state index in [-0.39, 0.29) is 5.97 Å². The number of esters is 1. The first-order valence-electron chi connectivity index (χ1n) is 7.46. The van der Waals surface area contributed by atoms with E-state index in [1.807, 2.05) is 60.7 Å². The molecule has 0 heterocycles. The molecule has 0 aliphatic heterocycles. The van der Waals surface area contributed by atoms with Gasteiger partial charge in [-0.2, -0.15) is 0 Å². The Labute approximate surface area is 137 Å². The second-order valence-corrected chi connectivity index (χ2v) is 4.99. The van der Waals surface area contributed by atoms with Crippen molar-refractivity contribution in [3.63, 3.8) is 0 Å². The van der Waals surface area contributed by atoms with Crippen LogP contribution in [-0.4, -0.2) is 24.8 Å². The second kappa shape index (κ2) is 8.55. The van der Waals surface area contributed by atoms with Gasteiger partial charge in [0.15, 0.2) is 0 Å². The van der Waals surface area contributed by atoms with Crippen LogP contribution in [0.1, 0.15) is 24.0 Å². The van der Waals surface area contributed by atoms with Crippen LogP contribution in [0, 0.1) is 12.3 Å². The highest BCUT2D eigenvalue weighted by Crippen LogP contribution is 2.14. The molecule has 3 nitrogen and oxygen atoms in total. The number of carbonyl (C=O) groups excluding carboxylic acids is 1. The van der Waals surface area contributed by atoms with E-state index in [1.54, 1.807) is 0 Å². The fourth-order valence-corrected chi connectivity index (χ4v) is 2.25. The van der Waals surface area contributed by atoms with Gasteiger partial charge in [-0.3, -0.25) is 4.99 Å². The minimum atomic E-state index is -0.605. The fraction of sp³-hybridized carbons (Fsp3) is 0.200. The zero-order valence-electron chi connectivity index (χ0n) is 13.1. The first-order chi connectivity index (χ1) is 11.3. The molecule has 0 aromatic heterocycles. The zero-order valence-corrected chi connectivity index (χ0v) is 13.1. The van der Waals surface area contributed by atoms with Gasteiger partial charge in [0.2, 0.25) is 0 Å². The van der Waals surface area contributed by atoms with Crippen LogP contribution in [-0.2, 0) is 9.53 Å². The molecule has 0 amide bonds. The predicted octanol–water partition coefficient (Wildman–Crippen LogP) is 3.48. The molecule has 0 aliphatic carbocycles. The summed E-state index contributed by atoms with van der Waals surface area (Å²) in [4.78, 5) is 16.7. The molecule has 0 saturated carbocycles. The van der Waals surface area contributed by atoms with E-state index in [1.165, 1.54) is 7.11 Å². The Morgan fingerprint density at radius 3 is 2.04 bits per heavy atom. The van der Waals surface area contributed by atoms with Crippen molar-refractivity contribution in [3.8, 4) is 12.3 Å². The molecule has 116 valence electrons. The summed E-state index contributed by atoms with van der Waals surface area (Å²) in [5.41, 5.74) is 2.67. The maximum Gasteiger partial charge on any atom is 0.330 e. The van der Waals surface area contributed by atoms with Gasteiger partial charge in [0.25, 0.3) is 0 Å². The minimum Gasteiger partial charge on any atom is -0.467 e. The highest BCUT2D eigenvalue weighted by Gasteiger charge is 2.19. The third-order valence-corrected chi connectivity index (χ3v) is 3.41. The van der Waals surface area contributed by atoms with Crippen LogP contribution in [0.3, 0.4) is 0 Å². The van der Waals surface area contributed by atoms with Gasteiger partial charge < -0.3 is 4.74 Å². The number of nitrogens with zero attached hydrogens (tertiary/aromatic N) is 1. The standard InChI is InChI=1S/C20H19NO2/c1-3-4-15-18(20(22)23-2)21-19(16-11-7-5-8-12-16)17-13-9-6-10-14-17/h1,5-14,18H,4,15H2,2H3. The zero-order chi connectivity index (χ0) is 16.5. The normalized spacial score (nSPS) is 11.1. The lowest BCUT2D eigenvalue weighted by Crippen LogP contribution is -2.22. The van der Waals surface area contributed by atoms with Crippen molar-refractivity contribution in [1.82, 2.24) is 0 Å². The number of carbonyl (C=O) groups is 1. The Kier molecular flexibility index (Phi) is 6.14. The van der Waals surface area contributed by atoms with Crippen LogP contribution in [0.15, 0.2) is 65.7 Å². The first-order valence-corrected chi connectivity index (χ1v) is 7.46. The smallest absolute Gasteiger partial charge is 0.330 e. The summed E-state index contributed by atoms with van der Waals surface area (Å²) < 4.78 is 4.87. The first kappa shape index (κ1) is 16.5. The number of aliphatic imine (C=N–C) groups is 1. The highest BCUT2D eigenvalue weighted by molar-refractivity contribution is 6.13. The average Bonchev–Trinajstić information content (AvgIpc) is 2.63. The van der Waals surface area contributed by atoms with Gasteiger partial charge in [-0.15, -0.1) is 12.3 Å². The second-order valence-electron chi connectivity index (χ2n) is 4.99. The van der Waals surface area contributed by atoms with Crippen molar-refractivity contribution in [3.05, 3.63) is 71.8 Å². The van der Waals surface area contributed by atoms with Gasteiger partial charge in [0.05, 0.1) is 12.8 Å². The summed E-state index contributed by atoms with van der Waals surface area (Å²) in [5, 5.41) is 0. The molecule has 0 fully saturated rings. The molecular formula is C20H19NO2. The Morgan fingerprint density at radius 2 is 1.61 bits per heavy atom. The van der Waals surface area contributed by atoms with E-state index in [0.717, 1.165) is 16.8 Å². The maximum atomic E-state index is 12.0. The molecule has 2 aromatic rings. The van der Waals surface area contributed by atoms with Gasteiger partial charge in [0, 0.05) is 17.5 Å². The summed E-state index contributed by atoms with van der Waals surface area (Å²) in [5.74, 6) is 2.18. The van der Waals surface area contributed by atoms with Gasteiger partial charge in [-0.1, -0.05) is 60.7 Å². The third-order valence-electron chi connectivity index (χ3n) is 3.41. The maximum absolute atomic E-state index is 12.0. The SMILES string of the molecule is C#CCCC(N=C(c1ccccc1)c1ccccc1)C(=O)OC. The molecule has 0 saturated heterocycles. The van der Waals surface area contributed by atoms with Crippen LogP contribution in [0.4, 0.5) is 0 Å². The van der Waals surface area contributed by atoms with Crippen molar-refractivity contribution < 1.29 is 9.53 Å². The third kappa shape index (κ3) is 4.55. The molecule has 0 radical (unpaired) electrons. The highest BCUT2D eigenvalue weighted by atomic mass is 16.5. The molecule has 1 unspecified atom stereocenters. The number of methoxy groups -OCH3 is 1. The average molecular weight is 305 g/mol. The van der Waals surface area contributed by atoms with Gasteiger partial charge in [-0.25, -0.2) is 4.79 Å². The number of terminal acetylenes is 1. The number of hydrogen-bond donors (Lipinski definition) is 0. The lowest BCUT2D eigenvalue weighted by atomic mass is 10.0. The summed E-state index contributed by atoms with van der Waals surface area (Å²) in [6, 6.07) is 19.0. The van der Waals surface area contributed by atoms with E-state index in [9.17, 15) is 4.79 Å². The lowest BCUT2D eigenvalue weighted by Gasteiger charge is -2.13. The molecule has 2 aromatic carbocycles. The number of rotatable bonds is 6. The lowest BCUT2D eigenvalue weighted by molar-refractivity contribution is -0.142. The summed E-state index contributed by atoms with van der Waals surface area (Å²) in [6.07, 6.45) is 6.26. The van der Waals surface area contributed by atoms with Crippen molar-refractivity contribution in [2.24, 2.45) is 4.99 Å². The van der Waals surface area contributed by atoms with Gasteiger partial charge >= 0.3 is 5.97 Å². The largest absolute Gasteiger partial charge is 0.467 e. The molecule has 2 rings (SSSR count). The van der Waals surface area contributed by atoms with Gasteiger partial charge in [-0.05, 0) is 6.42 Å². The summed E-state index contributed by atoms with van der Waals surface area (Å²) in [7, 11) is 1.37. The molecular weight excluding hydrogens is 286 g/mol. The van der Waals surface area contributed by atoms with E-state index in [2.05, 4.69) is 10.9 Å². The van der Waals surface area contributed by atoms with Crippen LogP contribution >= 0.6 is 0 Å². The number of benzene rings is 2. The van der Waals surface area contributed by atoms with Crippen LogP contribution in [0.25, 0.3) is 0 Å². The van der Waals surface area contributed by atoms with E-state index < -0.39 is 6.04 Å². The van der Waals surface area contributed by atoms with Crippen molar-refractivity contribution in [2.45, 2.75) is 18.9 Å². The summed E-state index contributed by atoms with van der Waals surface area (Å²) >= 11 is 0. The van der Waals surface area contributed by atoms with Crippen LogP contribution in [0.5, 0.6) is 0 Å². The molecule has 1 atom stereocenters. The van der Waals surface area contributed by atoms with E-state index in [0.29, 0.717) is 12.8 Å². The molecule has 0 bridgehead atoms. The molecule has 0 aliphatic rings. The predicted molar refractivity (Wildman–Crippen MR) is 92.4 cm³/mol. The Bertz CT molecular complexity index is 658. The van der Waals surface area contributed by atoms with Crippen molar-refractivity contribution in [2.75, 3.05) is 7.11 Å². The van der Waals surface area contributed by atoms with Crippen molar-refractivity contribution in [1.29, 1.82) is 0 Å². The topological polar surface area (TPSA) is 38.7 Å². The molecule has 3 heteroatoms. The minimum absolute atomic E-state index is 0.371. The Morgan fingerprint density at radius 1 is 1.09 bits per heavy atom. The van der Waals surface area contributed by atoms with E-state index >= 15 is 0 Å². The fourth-order valence-electron chi connectivity index (χ4n) is 2.25. The molecule has 23 heavy (non-hydrogen) atoms. The van der Waals surface area contributed by atoms with Crippen LogP contribution < -0.4 is 0 Å². The van der Waals surface area contributed by atoms with Crippen molar-refractivity contribution >= 4 is 11.7 Å². The Hall–Kier alpha value is -2.86. The molecule has 0 spiro atoms. The number of ether oxygens (including phenoxy) is 1. The Balaban J connectivity index is 2.47. The monoisotopic (exact) mass is 305 g/mol. The molecule has 0 N–H and O–H groups in total. The quantitative estimate of drug-likeness (QED) is 0.465. The van der Waals surface area contributed by atoms with E-state index in [4.69, 9.17) is 11.2 Å². The van der Waals surface area contributed by atoms with Gasteiger partial charge in [0.1, 0.15) is 6.04 Å². The number of hydrogen-bond acceptors (Lipinski definition) is 3. The van der Waals surface area contributed by atoms with Crippen LogP contribution in [0.2, 0.25) is 0 Å². The summed E-state index contributed by atoms with van der Waals surface area (Å²) in [6.45, 7) is 0.